The van der Waals surface area contributed by atoms with Crippen molar-refractivity contribution in [1.82, 2.24) is 0 Å². The predicted octanol–water partition coefficient (Wildman–Crippen LogP) is 4.58. The normalized spacial score (nSPS) is 10.1. The number of rotatable bonds is 5. The van der Waals surface area contributed by atoms with E-state index in [2.05, 4.69) is 76.2 Å². The van der Waals surface area contributed by atoms with Gasteiger partial charge >= 0.3 is 96.1 Å². The molecular weight excluding hydrogens is 1160 g/mol. The van der Waals surface area contributed by atoms with Crippen molar-refractivity contribution in [1.29, 1.82) is 0 Å². The maximum Gasteiger partial charge on any atom is 0.526 e. The van der Waals surface area contributed by atoms with Crippen LogP contribution < -0.4 is 18.9 Å². The van der Waals surface area contributed by atoms with E-state index in [0.717, 1.165) is 12.1 Å². The largest absolute Gasteiger partial charge is 0.526 e. The molecule has 39 heavy (non-hydrogen) atoms. The van der Waals surface area contributed by atoms with Gasteiger partial charge in [-0.05, 0) is 60.7 Å². The zero-order chi connectivity index (χ0) is 29.5. The average molecular weight is 1170 g/mol. The molecule has 0 atom stereocenters. The number of carbonyl (C=O) groups is 2. The Bertz CT molecular complexity index is 1290. The molecule has 2 heterocycles. The van der Waals surface area contributed by atoms with E-state index >= 15 is 0 Å². The van der Waals surface area contributed by atoms with Crippen molar-refractivity contribution in [2.24, 2.45) is 0 Å². The van der Waals surface area contributed by atoms with Gasteiger partial charge in [0, 0.05) is 10.0 Å². The van der Waals surface area contributed by atoms with Gasteiger partial charge in [-0.25, -0.2) is 18.4 Å². The first-order valence-corrected chi connectivity index (χ1v) is 35.7. The minimum absolute atomic E-state index is 0.0584. The molecule has 4 aromatic rings. The summed E-state index contributed by atoms with van der Waals surface area (Å²) in [6, 6.07) is 13.4. The standard InChI is InChI=1S/C11H7FO3.C7H4BrFO2.C4H5BO3.I5/c12-9-5-7(10-2-1-3-15-10)4-8(6-9)11(13)14;8-5-1-4(7(10)11)2-6(9)3-5;6-5(7)4-2-1-3-8-4;1-4-5(2)3/h1-6H,(H,13,14);1-3H,(H,10,11);1-3,6-7H;/q;;;-1. The number of halogens is 8. The monoisotopic (exact) mass is 1170 g/mol. The molecular formula is C22H16BBrF2I5O8-. The van der Waals surface area contributed by atoms with E-state index in [1.807, 2.05) is 0 Å². The second kappa shape index (κ2) is 19.9. The molecule has 0 saturated carbocycles. The summed E-state index contributed by atoms with van der Waals surface area (Å²) in [6.07, 6.45) is 2.83. The number of furan rings is 2. The Balaban J connectivity index is 0.000000280. The molecule has 0 fully saturated rings. The minimum Gasteiger partial charge on any atom is -0.478 e. The summed E-state index contributed by atoms with van der Waals surface area (Å²) in [4.78, 5) is 21.0. The Morgan fingerprint density at radius 2 is 1.38 bits per heavy atom. The first-order chi connectivity index (χ1) is 18.3. The van der Waals surface area contributed by atoms with Gasteiger partial charge in [0.05, 0.1) is 23.7 Å². The molecule has 8 nitrogen and oxygen atoms in total. The smallest absolute Gasteiger partial charge is 0.478 e. The third-order valence-corrected chi connectivity index (χ3v) is 87.0. The van der Waals surface area contributed by atoms with Crippen molar-refractivity contribution in [2.75, 3.05) is 0 Å². The van der Waals surface area contributed by atoms with Crippen LogP contribution in [0.1, 0.15) is 20.7 Å². The predicted molar refractivity (Wildman–Crippen MR) is 177 cm³/mol. The van der Waals surface area contributed by atoms with Crippen LogP contribution in [0.4, 0.5) is 8.78 Å². The van der Waals surface area contributed by atoms with E-state index in [-0.39, 0.29) is 24.7 Å². The van der Waals surface area contributed by atoms with Crippen molar-refractivity contribution in [2.45, 2.75) is 0 Å². The van der Waals surface area contributed by atoms with Gasteiger partial charge in [-0.2, -0.15) is 0 Å². The Hall–Kier alpha value is -0.0851. The number of carboxylic acid groups (broad SMARTS) is 2. The summed E-state index contributed by atoms with van der Waals surface area (Å²) >= 11 is 11.3. The molecule has 212 valence electrons. The number of benzene rings is 2. The van der Waals surface area contributed by atoms with E-state index in [1.54, 1.807) is 18.2 Å². The van der Waals surface area contributed by atoms with E-state index in [4.69, 9.17) is 24.7 Å². The summed E-state index contributed by atoms with van der Waals surface area (Å²) in [6.45, 7) is 0. The first-order valence-electron chi connectivity index (χ1n) is 9.80. The van der Waals surface area contributed by atoms with Crippen LogP contribution in [-0.2, 0) is 0 Å². The van der Waals surface area contributed by atoms with Crippen molar-refractivity contribution in [3.63, 3.8) is 0 Å². The SMILES string of the molecule is I[I-]I(I)I.O=C(O)c1cc(F)cc(-c2ccco2)c1.O=C(O)c1cc(F)cc(Br)c1.OB(O)c1ccco1. The van der Waals surface area contributed by atoms with E-state index in [1.165, 1.54) is 42.9 Å². The second-order valence-electron chi connectivity index (χ2n) is 6.58. The van der Waals surface area contributed by atoms with Gasteiger partial charge in [0.25, 0.3) is 0 Å². The van der Waals surface area contributed by atoms with Crippen LogP contribution in [0.5, 0.6) is 0 Å². The fraction of sp³-hybridized carbons (Fsp3) is 0. The summed E-state index contributed by atoms with van der Waals surface area (Å²) in [7, 11) is -1.73. The van der Waals surface area contributed by atoms with Gasteiger partial charge in [0.15, 0.2) is 0 Å². The number of carboxylic acids is 2. The Labute approximate surface area is 272 Å². The van der Waals surface area contributed by atoms with Crippen LogP contribution in [0.15, 0.2) is 86.5 Å². The molecule has 4 rings (SSSR count). The van der Waals surface area contributed by atoms with E-state index < -0.39 is 30.7 Å². The fourth-order valence-corrected chi connectivity index (χ4v) is 2.88. The maximum absolute atomic E-state index is 13.1. The summed E-state index contributed by atoms with van der Waals surface area (Å²) in [5.41, 5.74) is 0.431. The molecule has 4 N–H and O–H groups in total. The summed E-state index contributed by atoms with van der Waals surface area (Å²) in [5, 5.41) is 33.9. The molecule has 0 amide bonds. The Kier molecular flexibility index (Phi) is 18.9. The van der Waals surface area contributed by atoms with Crippen LogP contribution in [0.25, 0.3) is 11.3 Å². The van der Waals surface area contributed by atoms with Crippen LogP contribution in [0, 0.1) is 11.6 Å². The Morgan fingerprint density at radius 1 is 0.872 bits per heavy atom. The van der Waals surface area contributed by atoms with Crippen molar-refractivity contribution < 1.29 is 60.7 Å². The van der Waals surface area contributed by atoms with Gasteiger partial charge in [-0.1, -0.05) is 15.9 Å². The number of hydrogen-bond acceptors (Lipinski definition) is 6. The summed E-state index contributed by atoms with van der Waals surface area (Å²) in [5.74, 6) is -3.01. The van der Waals surface area contributed by atoms with Gasteiger partial charge < -0.3 is 29.1 Å². The van der Waals surface area contributed by atoms with E-state index in [0.29, 0.717) is 29.1 Å². The molecule has 17 heteroatoms. The third kappa shape index (κ3) is 15.6. The van der Waals surface area contributed by atoms with Crippen LogP contribution in [-0.4, -0.2) is 39.3 Å². The van der Waals surface area contributed by atoms with Crippen molar-refractivity contribution in [3.8, 4) is 11.3 Å². The third-order valence-electron chi connectivity index (χ3n) is 3.90. The summed E-state index contributed by atoms with van der Waals surface area (Å²) < 4.78 is 35.6. The van der Waals surface area contributed by atoms with Crippen LogP contribution in [0.2, 0.25) is 0 Å². The minimum atomic E-state index is -1.48. The molecule has 2 aromatic heterocycles. The van der Waals surface area contributed by atoms with Gasteiger partial charge in [-0.3, -0.25) is 0 Å². The van der Waals surface area contributed by atoms with Gasteiger partial charge in [0.1, 0.15) is 23.1 Å². The molecule has 2 aromatic carbocycles. The number of aromatic carboxylic acids is 2. The quantitative estimate of drug-likeness (QED) is 0.169. The van der Waals surface area contributed by atoms with Crippen molar-refractivity contribution in [3.05, 3.63) is 100 Å². The second-order valence-corrected chi connectivity index (χ2v) is 72.5. The van der Waals surface area contributed by atoms with Crippen LogP contribution in [0.3, 0.4) is 0 Å². The van der Waals surface area contributed by atoms with Crippen LogP contribution >= 0.6 is 79.7 Å². The molecule has 0 radical (unpaired) electrons. The maximum atomic E-state index is 13.1. The van der Waals surface area contributed by atoms with E-state index in [9.17, 15) is 18.4 Å². The zero-order valence-corrected chi connectivity index (χ0v) is 31.3. The average Bonchev–Trinajstić information content (AvgIpc) is 3.59. The first kappa shape index (κ1) is 36.9. The molecule has 0 aliphatic rings. The molecule has 0 bridgehead atoms. The number of hydrogen-bond donors (Lipinski definition) is 4. The molecule has 0 unspecified atom stereocenters. The zero-order valence-electron chi connectivity index (χ0n) is 19.0. The molecule has 0 aliphatic heterocycles. The van der Waals surface area contributed by atoms with Crippen molar-refractivity contribution >= 4 is 104 Å². The molecule has 0 spiro atoms. The topological polar surface area (TPSA) is 141 Å². The molecule has 0 saturated heterocycles. The fourth-order valence-electron chi connectivity index (χ4n) is 2.41. The molecule has 0 aliphatic carbocycles. The van der Waals surface area contributed by atoms with Gasteiger partial charge in [-0.15, -0.1) is 0 Å². The Morgan fingerprint density at radius 3 is 1.77 bits per heavy atom. The van der Waals surface area contributed by atoms with Gasteiger partial charge in [0.2, 0.25) is 0 Å².